The number of hydrogen-bond donors (Lipinski definition) is 0. The van der Waals surface area contributed by atoms with Crippen molar-refractivity contribution in [2.24, 2.45) is 7.05 Å². The lowest BCUT2D eigenvalue weighted by molar-refractivity contribution is -0.642. The Kier molecular flexibility index (Phi) is 3.99. The monoisotopic (exact) mass is 309 g/mol. The van der Waals surface area contributed by atoms with Crippen LogP contribution in [0.25, 0.3) is 22.4 Å². The SMILES string of the molecule is Cc1ccc2sc(/C=C/c3ccc(N(C)C)cc3)[n+](C)c2c1. The molecule has 1 heterocycles. The molecule has 0 saturated carbocycles. The standard InChI is InChI=1S/C19H21N2S/c1-14-5-11-18-17(13-14)21(4)19(22-18)12-8-15-6-9-16(10-7-15)20(2)3/h5-13H,1-4H3/q+1. The van der Waals surface area contributed by atoms with Gasteiger partial charge in [0.15, 0.2) is 0 Å². The highest BCUT2D eigenvalue weighted by Gasteiger charge is 2.14. The number of aromatic nitrogens is 1. The van der Waals surface area contributed by atoms with E-state index in [1.54, 1.807) is 0 Å². The van der Waals surface area contributed by atoms with Gasteiger partial charge in [-0.3, -0.25) is 0 Å². The summed E-state index contributed by atoms with van der Waals surface area (Å²) < 4.78 is 3.59. The van der Waals surface area contributed by atoms with Crippen molar-refractivity contribution < 1.29 is 4.57 Å². The molecule has 2 aromatic carbocycles. The molecule has 0 radical (unpaired) electrons. The van der Waals surface area contributed by atoms with Crippen molar-refractivity contribution >= 4 is 39.4 Å². The summed E-state index contributed by atoms with van der Waals surface area (Å²) in [5.41, 5.74) is 5.04. The van der Waals surface area contributed by atoms with Crippen LogP contribution in [-0.2, 0) is 7.05 Å². The van der Waals surface area contributed by atoms with Gasteiger partial charge in [0.05, 0.1) is 0 Å². The van der Waals surface area contributed by atoms with Crippen molar-refractivity contribution in [2.45, 2.75) is 6.92 Å². The summed E-state index contributed by atoms with van der Waals surface area (Å²) in [6.45, 7) is 2.14. The molecule has 0 spiro atoms. The Hall–Kier alpha value is -2.13. The average molecular weight is 309 g/mol. The van der Waals surface area contributed by atoms with E-state index < -0.39 is 0 Å². The normalized spacial score (nSPS) is 11.5. The van der Waals surface area contributed by atoms with Crippen molar-refractivity contribution in [3.63, 3.8) is 0 Å². The van der Waals surface area contributed by atoms with Gasteiger partial charge in [-0.2, -0.15) is 4.57 Å². The van der Waals surface area contributed by atoms with E-state index in [1.165, 1.54) is 32.0 Å². The van der Waals surface area contributed by atoms with Gasteiger partial charge in [0.1, 0.15) is 11.7 Å². The summed E-state index contributed by atoms with van der Waals surface area (Å²) in [6.07, 6.45) is 4.38. The van der Waals surface area contributed by atoms with E-state index >= 15 is 0 Å². The van der Waals surface area contributed by atoms with E-state index in [0.29, 0.717) is 0 Å². The molecule has 0 fully saturated rings. The Morgan fingerprint density at radius 2 is 1.73 bits per heavy atom. The molecule has 0 aliphatic rings. The summed E-state index contributed by atoms with van der Waals surface area (Å²) >= 11 is 1.83. The number of fused-ring (bicyclic) bond motifs is 1. The number of thiazole rings is 1. The highest BCUT2D eigenvalue weighted by atomic mass is 32.1. The van der Waals surface area contributed by atoms with Gasteiger partial charge in [0, 0.05) is 31.9 Å². The molecule has 0 bridgehead atoms. The Morgan fingerprint density at radius 3 is 2.41 bits per heavy atom. The maximum absolute atomic E-state index is 2.26. The third-order valence-corrected chi connectivity index (χ3v) is 5.03. The summed E-state index contributed by atoms with van der Waals surface area (Å²) in [6, 6.07) is 15.2. The lowest BCUT2D eigenvalue weighted by Crippen LogP contribution is -2.28. The minimum Gasteiger partial charge on any atom is -0.378 e. The van der Waals surface area contributed by atoms with Gasteiger partial charge in [0.2, 0.25) is 5.52 Å². The van der Waals surface area contributed by atoms with Crippen LogP contribution in [-0.4, -0.2) is 14.1 Å². The molecule has 3 heteroatoms. The van der Waals surface area contributed by atoms with Crippen molar-refractivity contribution in [1.29, 1.82) is 0 Å². The molecular weight excluding hydrogens is 288 g/mol. The largest absolute Gasteiger partial charge is 0.378 e. The van der Waals surface area contributed by atoms with Crippen molar-refractivity contribution in [2.75, 3.05) is 19.0 Å². The molecule has 2 nitrogen and oxygen atoms in total. The molecule has 3 aromatic rings. The van der Waals surface area contributed by atoms with Gasteiger partial charge in [-0.1, -0.05) is 29.5 Å². The number of aryl methyl sites for hydroxylation is 2. The zero-order valence-electron chi connectivity index (χ0n) is 13.5. The van der Waals surface area contributed by atoms with E-state index in [9.17, 15) is 0 Å². The van der Waals surface area contributed by atoms with Gasteiger partial charge in [-0.15, -0.1) is 0 Å². The predicted molar refractivity (Wildman–Crippen MR) is 97.4 cm³/mol. The Bertz CT molecular complexity index is 827. The molecule has 0 saturated heterocycles. The molecule has 22 heavy (non-hydrogen) atoms. The summed E-state index contributed by atoms with van der Waals surface area (Å²) in [5.74, 6) is 0. The van der Waals surface area contributed by atoms with Crippen LogP contribution in [0.2, 0.25) is 0 Å². The fraction of sp³-hybridized carbons (Fsp3) is 0.211. The third-order valence-electron chi connectivity index (χ3n) is 3.85. The molecular formula is C19H21N2S+. The average Bonchev–Trinajstić information content (AvgIpc) is 2.82. The summed E-state index contributed by atoms with van der Waals surface area (Å²) in [7, 11) is 6.25. The highest BCUT2D eigenvalue weighted by Crippen LogP contribution is 2.23. The van der Waals surface area contributed by atoms with Crippen LogP contribution in [0.5, 0.6) is 0 Å². The fourth-order valence-electron chi connectivity index (χ4n) is 2.47. The van der Waals surface area contributed by atoms with Crippen LogP contribution < -0.4 is 9.47 Å². The first kappa shape index (κ1) is 14.8. The van der Waals surface area contributed by atoms with E-state index in [-0.39, 0.29) is 0 Å². The Labute approximate surface area is 136 Å². The molecule has 1 aromatic heterocycles. The first-order valence-electron chi connectivity index (χ1n) is 7.39. The number of benzene rings is 2. The third kappa shape index (κ3) is 2.90. The van der Waals surface area contributed by atoms with Crippen molar-refractivity contribution in [3.8, 4) is 0 Å². The summed E-state index contributed by atoms with van der Waals surface area (Å²) in [5, 5.41) is 1.26. The molecule has 0 unspecified atom stereocenters. The zero-order valence-corrected chi connectivity index (χ0v) is 14.3. The first-order chi connectivity index (χ1) is 10.5. The second kappa shape index (κ2) is 5.93. The number of rotatable bonds is 3. The van der Waals surface area contributed by atoms with Crippen LogP contribution in [0.1, 0.15) is 16.1 Å². The predicted octanol–water partition coefficient (Wildman–Crippen LogP) is 4.27. The van der Waals surface area contributed by atoms with Gasteiger partial charge >= 0.3 is 0 Å². The Morgan fingerprint density at radius 1 is 1.00 bits per heavy atom. The van der Waals surface area contributed by atoms with Crippen LogP contribution in [0, 0.1) is 6.92 Å². The zero-order chi connectivity index (χ0) is 15.7. The molecule has 0 aliphatic heterocycles. The van der Waals surface area contributed by atoms with Gasteiger partial charge in [-0.05, 0) is 42.3 Å². The minimum atomic E-state index is 1.22. The number of nitrogens with zero attached hydrogens (tertiary/aromatic N) is 2. The fourth-order valence-corrected chi connectivity index (χ4v) is 3.51. The van der Waals surface area contributed by atoms with Crippen LogP contribution in [0.15, 0.2) is 42.5 Å². The van der Waals surface area contributed by atoms with E-state index in [2.05, 4.69) is 92.2 Å². The van der Waals surface area contributed by atoms with Crippen LogP contribution in [0.3, 0.4) is 0 Å². The van der Waals surface area contributed by atoms with Crippen LogP contribution >= 0.6 is 11.3 Å². The maximum atomic E-state index is 2.26. The molecule has 3 rings (SSSR count). The second-order valence-electron chi connectivity index (χ2n) is 5.79. The quantitative estimate of drug-likeness (QED) is 0.655. The van der Waals surface area contributed by atoms with Crippen molar-refractivity contribution in [1.82, 2.24) is 0 Å². The van der Waals surface area contributed by atoms with E-state index in [1.807, 2.05) is 11.3 Å². The lowest BCUT2D eigenvalue weighted by atomic mass is 10.2. The van der Waals surface area contributed by atoms with Gasteiger partial charge in [0.25, 0.3) is 5.01 Å². The van der Waals surface area contributed by atoms with Crippen LogP contribution in [0.4, 0.5) is 5.69 Å². The highest BCUT2D eigenvalue weighted by molar-refractivity contribution is 7.18. The second-order valence-corrected chi connectivity index (χ2v) is 6.85. The maximum Gasteiger partial charge on any atom is 0.262 e. The molecule has 0 atom stereocenters. The number of hydrogen-bond acceptors (Lipinski definition) is 2. The lowest BCUT2D eigenvalue weighted by Gasteiger charge is -2.11. The number of anilines is 1. The molecule has 0 aliphatic carbocycles. The minimum absolute atomic E-state index is 1.22. The van der Waals surface area contributed by atoms with Gasteiger partial charge in [-0.25, -0.2) is 0 Å². The molecule has 112 valence electrons. The van der Waals surface area contributed by atoms with E-state index in [4.69, 9.17) is 0 Å². The first-order valence-corrected chi connectivity index (χ1v) is 8.21. The molecule has 0 amide bonds. The smallest absolute Gasteiger partial charge is 0.262 e. The Balaban J connectivity index is 1.90. The topological polar surface area (TPSA) is 7.12 Å². The van der Waals surface area contributed by atoms with E-state index in [0.717, 1.165) is 0 Å². The molecule has 0 N–H and O–H groups in total. The summed E-state index contributed by atoms with van der Waals surface area (Å²) in [4.78, 5) is 2.11. The van der Waals surface area contributed by atoms with Crippen molar-refractivity contribution in [3.05, 3.63) is 58.6 Å². The van der Waals surface area contributed by atoms with Gasteiger partial charge < -0.3 is 4.90 Å².